The van der Waals surface area contributed by atoms with Crippen LogP contribution in [0.3, 0.4) is 0 Å². The third-order valence-corrected chi connectivity index (χ3v) is 7.07. The summed E-state index contributed by atoms with van der Waals surface area (Å²) in [7, 11) is 0. The van der Waals surface area contributed by atoms with E-state index >= 15 is 0 Å². The van der Waals surface area contributed by atoms with Crippen LogP contribution >= 0.6 is 0 Å². The van der Waals surface area contributed by atoms with Gasteiger partial charge in [-0.05, 0) is 46.4 Å². The molecular weight excluding hydrogens is 443 g/mol. The Morgan fingerprint density at radius 1 is 1.00 bits per heavy atom. The standard InChI is InChI=1S/C27H31FN6O/c1-2-8-24-25(17-28)34(21-9-4-3-5-10-21)27(35)33(24)18-19-13-15-20(16-14-19)22-11-6-7-12-23(22)26-29-31-32-30-26/h6-7,11-16,21H,2-5,8-10,17-18H2,1H3,(H,29,30,31,32). The first-order valence-electron chi connectivity index (χ1n) is 12.5. The predicted molar refractivity (Wildman–Crippen MR) is 134 cm³/mol. The molecule has 8 heteroatoms. The third kappa shape index (κ3) is 4.57. The van der Waals surface area contributed by atoms with Crippen LogP contribution in [0.5, 0.6) is 0 Å². The van der Waals surface area contributed by atoms with Crippen molar-refractivity contribution in [2.24, 2.45) is 0 Å². The predicted octanol–water partition coefficient (Wildman–Crippen LogP) is 5.47. The molecular formula is C27H31FN6O. The highest BCUT2D eigenvalue weighted by molar-refractivity contribution is 5.80. The molecule has 0 atom stereocenters. The molecule has 2 heterocycles. The van der Waals surface area contributed by atoms with Gasteiger partial charge in [-0.2, -0.15) is 0 Å². The molecule has 0 spiro atoms. The first-order chi connectivity index (χ1) is 17.2. The van der Waals surface area contributed by atoms with E-state index in [0.717, 1.165) is 60.1 Å². The van der Waals surface area contributed by atoms with Gasteiger partial charge in [-0.15, -0.1) is 5.10 Å². The molecule has 4 aromatic rings. The van der Waals surface area contributed by atoms with Crippen molar-refractivity contribution in [2.45, 2.75) is 71.1 Å². The van der Waals surface area contributed by atoms with Crippen LogP contribution in [0.2, 0.25) is 0 Å². The molecule has 0 amide bonds. The minimum atomic E-state index is -0.597. The van der Waals surface area contributed by atoms with Gasteiger partial charge in [0.25, 0.3) is 0 Å². The number of imidazole rings is 1. The molecule has 0 radical (unpaired) electrons. The van der Waals surface area contributed by atoms with E-state index in [0.29, 0.717) is 24.5 Å². The summed E-state index contributed by atoms with van der Waals surface area (Å²) in [6.07, 6.45) is 6.88. The zero-order valence-electron chi connectivity index (χ0n) is 20.1. The molecule has 0 bridgehead atoms. The lowest BCUT2D eigenvalue weighted by Crippen LogP contribution is -2.30. The van der Waals surface area contributed by atoms with Gasteiger partial charge in [0.15, 0.2) is 5.82 Å². The topological polar surface area (TPSA) is 81.4 Å². The molecule has 1 saturated carbocycles. The number of hydrogen-bond acceptors (Lipinski definition) is 4. The van der Waals surface area contributed by atoms with Crippen LogP contribution in [-0.4, -0.2) is 29.8 Å². The minimum absolute atomic E-state index is 0.0692. The van der Waals surface area contributed by atoms with Gasteiger partial charge < -0.3 is 0 Å². The average Bonchev–Trinajstić information content (AvgIpc) is 3.53. The first-order valence-corrected chi connectivity index (χ1v) is 12.5. The number of rotatable bonds is 8. The number of alkyl halides is 1. The number of tetrazole rings is 1. The van der Waals surface area contributed by atoms with Gasteiger partial charge >= 0.3 is 5.69 Å². The summed E-state index contributed by atoms with van der Waals surface area (Å²) in [6, 6.07) is 16.3. The Hall–Kier alpha value is -3.55. The highest BCUT2D eigenvalue weighted by Crippen LogP contribution is 2.31. The largest absolute Gasteiger partial charge is 0.329 e. The van der Waals surface area contributed by atoms with Crippen molar-refractivity contribution in [1.29, 1.82) is 0 Å². The van der Waals surface area contributed by atoms with E-state index in [1.165, 1.54) is 6.42 Å². The maximum Gasteiger partial charge on any atom is 0.329 e. The molecule has 2 aromatic heterocycles. The van der Waals surface area contributed by atoms with E-state index < -0.39 is 6.67 Å². The van der Waals surface area contributed by atoms with Crippen LogP contribution in [-0.2, 0) is 19.6 Å². The molecule has 0 saturated heterocycles. The molecule has 7 nitrogen and oxygen atoms in total. The van der Waals surface area contributed by atoms with Gasteiger partial charge in [0, 0.05) is 17.3 Å². The normalized spacial score (nSPS) is 14.5. The zero-order chi connectivity index (χ0) is 24.2. The van der Waals surface area contributed by atoms with Crippen molar-refractivity contribution in [2.75, 3.05) is 0 Å². The number of nitrogens with zero attached hydrogens (tertiary/aromatic N) is 5. The quantitative estimate of drug-likeness (QED) is 0.367. The van der Waals surface area contributed by atoms with Gasteiger partial charge in [0.1, 0.15) is 6.67 Å². The van der Waals surface area contributed by atoms with Gasteiger partial charge in [-0.3, -0.25) is 9.13 Å². The van der Waals surface area contributed by atoms with Crippen LogP contribution in [0.25, 0.3) is 22.5 Å². The van der Waals surface area contributed by atoms with E-state index in [2.05, 4.69) is 39.7 Å². The van der Waals surface area contributed by atoms with Crippen LogP contribution in [0.4, 0.5) is 4.39 Å². The van der Waals surface area contributed by atoms with E-state index in [1.807, 2.05) is 36.4 Å². The number of halogens is 1. The molecule has 182 valence electrons. The molecule has 35 heavy (non-hydrogen) atoms. The van der Waals surface area contributed by atoms with Gasteiger partial charge in [0.05, 0.1) is 12.2 Å². The smallest absolute Gasteiger partial charge is 0.292 e. The number of H-pyrrole nitrogens is 1. The lowest BCUT2D eigenvalue weighted by molar-refractivity contribution is 0.326. The number of aromatic amines is 1. The van der Waals surface area contributed by atoms with Crippen LogP contribution in [0, 0.1) is 0 Å². The third-order valence-electron chi connectivity index (χ3n) is 7.07. The molecule has 0 unspecified atom stereocenters. The monoisotopic (exact) mass is 474 g/mol. The molecule has 1 aliphatic carbocycles. The van der Waals surface area contributed by atoms with Crippen molar-refractivity contribution >= 4 is 0 Å². The van der Waals surface area contributed by atoms with Crippen molar-refractivity contribution in [3.05, 3.63) is 76.0 Å². The fourth-order valence-corrected chi connectivity index (χ4v) is 5.38. The van der Waals surface area contributed by atoms with E-state index in [1.54, 1.807) is 9.13 Å². The summed E-state index contributed by atoms with van der Waals surface area (Å²) in [6.45, 7) is 1.92. The maximum absolute atomic E-state index is 14.3. The van der Waals surface area contributed by atoms with Crippen molar-refractivity contribution in [1.82, 2.24) is 29.8 Å². The molecule has 2 aromatic carbocycles. The Morgan fingerprint density at radius 3 is 2.40 bits per heavy atom. The Morgan fingerprint density at radius 2 is 1.74 bits per heavy atom. The van der Waals surface area contributed by atoms with Crippen LogP contribution in [0.1, 0.15) is 68.4 Å². The number of nitrogens with one attached hydrogen (secondary N) is 1. The Labute approximate surface area is 204 Å². The summed E-state index contributed by atoms with van der Waals surface area (Å²) in [4.78, 5) is 13.5. The Bertz CT molecular complexity index is 1320. The fourth-order valence-electron chi connectivity index (χ4n) is 5.38. The second-order valence-electron chi connectivity index (χ2n) is 9.30. The molecule has 1 N–H and O–H groups in total. The highest BCUT2D eigenvalue weighted by Gasteiger charge is 2.26. The lowest BCUT2D eigenvalue weighted by Gasteiger charge is -2.23. The van der Waals surface area contributed by atoms with Crippen LogP contribution < -0.4 is 5.69 Å². The number of hydrogen-bond donors (Lipinski definition) is 1. The summed E-state index contributed by atoms with van der Waals surface area (Å²) in [5.74, 6) is 0.614. The Kier molecular flexibility index (Phi) is 6.88. The number of benzene rings is 2. The molecule has 1 fully saturated rings. The number of aromatic nitrogens is 6. The van der Waals surface area contributed by atoms with E-state index in [9.17, 15) is 9.18 Å². The van der Waals surface area contributed by atoms with Crippen LogP contribution in [0.15, 0.2) is 53.3 Å². The van der Waals surface area contributed by atoms with Gasteiger partial charge in [-0.1, -0.05) is 81.1 Å². The molecule has 0 aliphatic heterocycles. The second kappa shape index (κ2) is 10.4. The summed E-state index contributed by atoms with van der Waals surface area (Å²) in [5, 5.41) is 14.3. The summed E-state index contributed by atoms with van der Waals surface area (Å²) in [5.41, 5.74) is 5.34. The van der Waals surface area contributed by atoms with Gasteiger partial charge in [0.2, 0.25) is 0 Å². The minimum Gasteiger partial charge on any atom is -0.292 e. The van der Waals surface area contributed by atoms with E-state index in [-0.39, 0.29) is 11.7 Å². The second-order valence-corrected chi connectivity index (χ2v) is 9.30. The molecule has 1 aliphatic rings. The van der Waals surface area contributed by atoms with Crippen molar-refractivity contribution in [3.8, 4) is 22.5 Å². The summed E-state index contributed by atoms with van der Waals surface area (Å²) >= 11 is 0. The van der Waals surface area contributed by atoms with Crippen molar-refractivity contribution < 1.29 is 4.39 Å². The molecule has 5 rings (SSSR count). The zero-order valence-corrected chi connectivity index (χ0v) is 20.1. The lowest BCUT2D eigenvalue weighted by atomic mass is 9.95. The average molecular weight is 475 g/mol. The fraction of sp³-hybridized carbons (Fsp3) is 0.407. The maximum atomic E-state index is 14.3. The van der Waals surface area contributed by atoms with Gasteiger partial charge in [-0.25, -0.2) is 14.3 Å². The van der Waals surface area contributed by atoms with Crippen molar-refractivity contribution in [3.63, 3.8) is 0 Å². The SMILES string of the molecule is CCCc1c(CF)n(C2CCCCC2)c(=O)n1Cc1ccc(-c2ccccc2-c2nnn[nH]2)cc1. The summed E-state index contributed by atoms with van der Waals surface area (Å²) < 4.78 is 17.8. The first kappa shape index (κ1) is 23.2. The Balaban J connectivity index is 1.47. The van der Waals surface area contributed by atoms with E-state index in [4.69, 9.17) is 0 Å². The highest BCUT2D eigenvalue weighted by atomic mass is 19.1.